The first kappa shape index (κ1) is 36.3. The Morgan fingerprint density at radius 2 is 1.85 bits per heavy atom. The molecular weight excluding hydrogens is 686 g/mol. The minimum absolute atomic E-state index is 0.00963. The van der Waals surface area contributed by atoms with Gasteiger partial charge in [-0.05, 0) is 81.9 Å². The zero-order chi connectivity index (χ0) is 36.8. The van der Waals surface area contributed by atoms with Gasteiger partial charge in [0, 0.05) is 30.9 Å². The van der Waals surface area contributed by atoms with Crippen molar-refractivity contribution in [3.8, 4) is 0 Å². The molecular formula is C40H48FN3O7S. The molecule has 2 saturated carbocycles. The topological polar surface area (TPSA) is 130 Å². The molecule has 3 amide bonds. The molecule has 0 unspecified atom stereocenters. The van der Waals surface area contributed by atoms with Gasteiger partial charge in [0.25, 0.3) is 0 Å². The van der Waals surface area contributed by atoms with Crippen LogP contribution in [0.5, 0.6) is 0 Å². The molecule has 5 aliphatic rings. The fraction of sp³-hybridized carbons (Fsp3) is 0.550. The van der Waals surface area contributed by atoms with Gasteiger partial charge in [0.15, 0.2) is 5.78 Å². The van der Waals surface area contributed by atoms with Crippen LogP contribution in [0.1, 0.15) is 93.4 Å². The number of fused-ring (bicyclic) bond motifs is 3. The monoisotopic (exact) mass is 733 g/mol. The van der Waals surface area contributed by atoms with Crippen LogP contribution in [0.4, 0.5) is 9.18 Å². The second kappa shape index (κ2) is 14.1. The van der Waals surface area contributed by atoms with Crippen LogP contribution in [0.25, 0.3) is 0 Å². The normalized spacial score (nSPS) is 29.2. The average Bonchev–Trinajstić information content (AvgIpc) is 3.89. The zero-order valence-electron chi connectivity index (χ0n) is 29.9. The standard InChI is InChI=1S/C40H48FN3O7S/c1-26-10-8-11-27(18-26)19-28-12-6-4-3-5-7-14-30-21-40(30,37(47)42-52(49,50)39(2)16-17-39)22-35(45)34-20-31(24-44(34)36(28)46)51-38(48)43-23-29-13-9-15-33(41)32(29)25-43/h7-11,13-15,18,28,30-31,34H,3-6,12,16-17,19-25H2,1-2H3,(H,42,47)/b14-7-/t28-,30-,31-,34+,40-/m1/s1. The maximum absolute atomic E-state index is 14.6. The Kier molecular flexibility index (Phi) is 9.82. The van der Waals surface area contributed by atoms with Crippen LogP contribution < -0.4 is 4.72 Å². The van der Waals surface area contributed by atoms with E-state index in [4.69, 9.17) is 4.74 Å². The average molecular weight is 734 g/mol. The SMILES string of the molecule is Cc1cccc(C[C@H]2CCCCC/C=C\[C@@H]3C[C@@]3(C(=O)NS(=O)(=O)C3(C)CC3)CC(=O)[C@@H]3C[C@@H](OC(=O)N4Cc5cccc(F)c5C4)CN3C2=O)c1. The van der Waals surface area contributed by atoms with E-state index in [9.17, 15) is 32.0 Å². The van der Waals surface area contributed by atoms with Crippen LogP contribution in [-0.4, -0.2) is 65.3 Å². The number of hydrogen-bond acceptors (Lipinski definition) is 7. The van der Waals surface area contributed by atoms with Gasteiger partial charge in [0.2, 0.25) is 21.8 Å². The Hall–Kier alpha value is -4.06. The summed E-state index contributed by atoms with van der Waals surface area (Å²) >= 11 is 0. The molecule has 1 N–H and O–H groups in total. The van der Waals surface area contributed by atoms with E-state index in [0.29, 0.717) is 43.2 Å². The van der Waals surface area contributed by atoms with Crippen LogP contribution in [0.2, 0.25) is 0 Å². The van der Waals surface area contributed by atoms with Gasteiger partial charge in [0.1, 0.15) is 11.9 Å². The Bertz CT molecular complexity index is 1910. The van der Waals surface area contributed by atoms with Crippen LogP contribution in [-0.2, 0) is 48.7 Å². The van der Waals surface area contributed by atoms with Crippen molar-refractivity contribution in [3.63, 3.8) is 0 Å². The summed E-state index contributed by atoms with van der Waals surface area (Å²) < 4.78 is 48.0. The number of carbonyl (C=O) groups excluding carboxylic acids is 4. The van der Waals surface area contributed by atoms with Crippen molar-refractivity contribution >= 4 is 33.7 Å². The number of allylic oxidation sites excluding steroid dienone is 2. The smallest absolute Gasteiger partial charge is 0.410 e. The second-order valence-electron chi connectivity index (χ2n) is 15.9. The van der Waals surface area contributed by atoms with E-state index in [2.05, 4.69) is 10.8 Å². The summed E-state index contributed by atoms with van der Waals surface area (Å²) in [5.74, 6) is -2.34. The van der Waals surface area contributed by atoms with Crippen molar-refractivity contribution in [3.05, 3.63) is 82.7 Å². The molecule has 10 nitrogen and oxygen atoms in total. The van der Waals surface area contributed by atoms with Gasteiger partial charge in [0.05, 0.1) is 29.3 Å². The van der Waals surface area contributed by atoms with Gasteiger partial charge < -0.3 is 9.64 Å². The van der Waals surface area contributed by atoms with Gasteiger partial charge in [-0.15, -0.1) is 0 Å². The van der Waals surface area contributed by atoms with Crippen molar-refractivity contribution in [1.82, 2.24) is 14.5 Å². The van der Waals surface area contributed by atoms with Gasteiger partial charge in [-0.25, -0.2) is 17.6 Å². The summed E-state index contributed by atoms with van der Waals surface area (Å²) in [6, 6.07) is 11.8. The van der Waals surface area contributed by atoms with Crippen molar-refractivity contribution in [2.45, 2.75) is 114 Å². The highest BCUT2D eigenvalue weighted by Gasteiger charge is 2.62. The lowest BCUT2D eigenvalue weighted by atomic mass is 9.89. The molecule has 1 saturated heterocycles. The molecule has 2 aromatic carbocycles. The summed E-state index contributed by atoms with van der Waals surface area (Å²) in [4.78, 5) is 59.3. The number of nitrogens with zero attached hydrogens (tertiary/aromatic N) is 2. The molecule has 2 aromatic rings. The lowest BCUT2D eigenvalue weighted by Crippen LogP contribution is -2.47. The quantitative estimate of drug-likeness (QED) is 0.366. The van der Waals surface area contributed by atoms with E-state index in [1.54, 1.807) is 24.0 Å². The highest BCUT2D eigenvalue weighted by Crippen LogP contribution is 2.57. The molecule has 2 aliphatic carbocycles. The van der Waals surface area contributed by atoms with Crippen LogP contribution in [0.3, 0.4) is 0 Å². The number of rotatable bonds is 6. The Labute approximate surface area is 305 Å². The third kappa shape index (κ3) is 7.27. The molecule has 52 heavy (non-hydrogen) atoms. The maximum atomic E-state index is 14.6. The molecule has 0 radical (unpaired) electrons. The molecule has 3 heterocycles. The van der Waals surface area contributed by atoms with Gasteiger partial charge in [-0.2, -0.15) is 0 Å². The molecule has 0 spiro atoms. The fourth-order valence-corrected chi connectivity index (χ4v) is 9.60. The second-order valence-corrected chi connectivity index (χ2v) is 18.1. The van der Waals surface area contributed by atoms with E-state index in [1.165, 1.54) is 11.0 Å². The van der Waals surface area contributed by atoms with Crippen LogP contribution in [0, 0.1) is 30.0 Å². The highest BCUT2D eigenvalue weighted by atomic mass is 32.2. The number of sulfonamides is 1. The summed E-state index contributed by atoms with van der Waals surface area (Å²) in [5, 5.41) is 0. The van der Waals surface area contributed by atoms with Crippen molar-refractivity contribution in [2.75, 3.05) is 6.54 Å². The Morgan fingerprint density at radius 3 is 2.60 bits per heavy atom. The van der Waals surface area contributed by atoms with E-state index in [1.807, 2.05) is 37.3 Å². The van der Waals surface area contributed by atoms with E-state index in [0.717, 1.165) is 36.8 Å². The summed E-state index contributed by atoms with van der Waals surface area (Å²) in [7, 11) is -3.93. The van der Waals surface area contributed by atoms with Crippen molar-refractivity contribution in [2.24, 2.45) is 17.3 Å². The molecule has 5 atom stereocenters. The lowest BCUT2D eigenvalue weighted by molar-refractivity contribution is -0.142. The van der Waals surface area contributed by atoms with E-state index >= 15 is 0 Å². The van der Waals surface area contributed by atoms with Crippen LogP contribution in [0.15, 0.2) is 54.6 Å². The molecule has 0 bridgehead atoms. The predicted octanol–water partition coefficient (Wildman–Crippen LogP) is 5.90. The number of hydrogen-bond donors (Lipinski definition) is 1. The number of aryl methyl sites for hydroxylation is 1. The first-order valence-electron chi connectivity index (χ1n) is 18.6. The van der Waals surface area contributed by atoms with Crippen molar-refractivity contribution in [1.29, 1.82) is 0 Å². The van der Waals surface area contributed by atoms with Crippen LogP contribution >= 0.6 is 0 Å². The molecule has 7 rings (SSSR count). The molecule has 12 heteroatoms. The lowest BCUT2D eigenvalue weighted by Gasteiger charge is -2.29. The number of nitrogens with one attached hydrogen (secondary N) is 1. The van der Waals surface area contributed by atoms with Gasteiger partial charge in [-0.1, -0.05) is 67.0 Å². The summed E-state index contributed by atoms with van der Waals surface area (Å²) in [5.41, 5.74) is 2.00. The number of halogens is 1. The first-order chi connectivity index (χ1) is 24.8. The maximum Gasteiger partial charge on any atom is 0.410 e. The third-order valence-electron chi connectivity index (χ3n) is 12.0. The van der Waals surface area contributed by atoms with E-state index < -0.39 is 50.2 Å². The Morgan fingerprint density at radius 1 is 1.06 bits per heavy atom. The van der Waals surface area contributed by atoms with Crippen molar-refractivity contribution < 1.29 is 36.7 Å². The number of Topliss-reactive ketones (excluding diaryl/α,β-unsaturated/α-hetero) is 1. The first-order valence-corrected chi connectivity index (χ1v) is 20.1. The van der Waals surface area contributed by atoms with E-state index in [-0.39, 0.29) is 55.9 Å². The number of carbonyl (C=O) groups is 4. The predicted molar refractivity (Wildman–Crippen MR) is 191 cm³/mol. The zero-order valence-corrected chi connectivity index (χ0v) is 30.8. The molecule has 0 aromatic heterocycles. The Balaban J connectivity index is 1.15. The van der Waals surface area contributed by atoms with Gasteiger partial charge >= 0.3 is 6.09 Å². The summed E-state index contributed by atoms with van der Waals surface area (Å²) in [6.45, 7) is 3.88. The molecule has 3 aliphatic heterocycles. The number of ether oxygens (including phenoxy) is 1. The highest BCUT2D eigenvalue weighted by molar-refractivity contribution is 7.91. The van der Waals surface area contributed by atoms with Gasteiger partial charge in [-0.3, -0.25) is 24.0 Å². The fourth-order valence-electron chi connectivity index (χ4n) is 8.27. The minimum atomic E-state index is -3.93. The number of ketones is 1. The summed E-state index contributed by atoms with van der Waals surface area (Å²) in [6.07, 6.45) is 8.10. The molecule has 278 valence electrons. The molecule has 3 fully saturated rings. The minimum Gasteiger partial charge on any atom is -0.444 e. The number of benzene rings is 2. The number of amides is 3. The third-order valence-corrected chi connectivity index (χ3v) is 14.1. The largest absolute Gasteiger partial charge is 0.444 e.